The molecular formula is C13H16BrIN6O. The van der Waals surface area contributed by atoms with Crippen LogP contribution in [0.5, 0.6) is 0 Å². The molecule has 0 spiro atoms. The minimum atomic E-state index is 0.133. The smallest absolute Gasteiger partial charge is 0.223 e. The van der Waals surface area contributed by atoms with E-state index in [4.69, 9.17) is 5.73 Å². The number of hydrogen-bond donors (Lipinski definition) is 1. The van der Waals surface area contributed by atoms with Crippen LogP contribution < -0.4 is 5.73 Å². The molecule has 7 nitrogen and oxygen atoms in total. The third kappa shape index (κ3) is 2.92. The highest BCUT2D eigenvalue weighted by molar-refractivity contribution is 14.1. The van der Waals surface area contributed by atoms with E-state index in [1.54, 1.807) is 0 Å². The summed E-state index contributed by atoms with van der Waals surface area (Å²) in [6.07, 6.45) is 3.94. The van der Waals surface area contributed by atoms with Crippen molar-refractivity contribution in [3.8, 4) is 0 Å². The summed E-state index contributed by atoms with van der Waals surface area (Å²) >= 11 is 5.48. The van der Waals surface area contributed by atoms with Crippen molar-refractivity contribution in [2.75, 3.05) is 24.2 Å². The van der Waals surface area contributed by atoms with Gasteiger partial charge in [0.25, 0.3) is 0 Å². The largest absolute Gasteiger partial charge is 0.383 e. The fourth-order valence-corrected chi connectivity index (χ4v) is 3.92. The number of nitrogens with two attached hydrogens (primary N) is 1. The molecule has 1 saturated heterocycles. The van der Waals surface area contributed by atoms with Gasteiger partial charge in [-0.05, 0) is 35.4 Å². The number of carbonyl (C=O) groups is 1. The topological polar surface area (TPSA) is 89.9 Å². The van der Waals surface area contributed by atoms with E-state index in [2.05, 4.69) is 53.6 Å². The van der Waals surface area contributed by atoms with E-state index in [-0.39, 0.29) is 11.9 Å². The van der Waals surface area contributed by atoms with Crippen LogP contribution in [0.3, 0.4) is 0 Å². The maximum atomic E-state index is 12.1. The highest BCUT2D eigenvalue weighted by atomic mass is 127. The van der Waals surface area contributed by atoms with Crippen molar-refractivity contribution in [3.05, 3.63) is 10.0 Å². The lowest BCUT2D eigenvalue weighted by Crippen LogP contribution is -2.41. The number of fused-ring (bicyclic) bond motifs is 1. The quantitative estimate of drug-likeness (QED) is 0.538. The van der Waals surface area contributed by atoms with Crippen LogP contribution in [0, 0.1) is 3.70 Å². The van der Waals surface area contributed by atoms with Gasteiger partial charge in [-0.1, -0.05) is 15.9 Å². The molecule has 118 valence electrons. The summed E-state index contributed by atoms with van der Waals surface area (Å²) in [4.78, 5) is 22.4. The number of anilines is 1. The minimum Gasteiger partial charge on any atom is -0.383 e. The number of amides is 1. The minimum absolute atomic E-state index is 0.133. The zero-order valence-electron chi connectivity index (χ0n) is 11.9. The van der Waals surface area contributed by atoms with Crippen molar-refractivity contribution in [2.45, 2.75) is 25.3 Å². The van der Waals surface area contributed by atoms with Crippen molar-refractivity contribution in [1.29, 1.82) is 0 Å². The first-order valence-corrected chi connectivity index (χ1v) is 9.29. The number of nitrogens with zero attached hydrogens (tertiary/aromatic N) is 5. The number of alkyl halides is 1. The van der Waals surface area contributed by atoms with Crippen molar-refractivity contribution < 1.29 is 4.79 Å². The summed E-state index contributed by atoms with van der Waals surface area (Å²) in [5.41, 5.74) is 6.68. The van der Waals surface area contributed by atoms with E-state index in [1.165, 1.54) is 6.33 Å². The van der Waals surface area contributed by atoms with Crippen LogP contribution >= 0.6 is 38.5 Å². The Bertz CT molecular complexity index is 705. The molecule has 9 heteroatoms. The van der Waals surface area contributed by atoms with Crippen LogP contribution in [0.2, 0.25) is 0 Å². The van der Waals surface area contributed by atoms with E-state index >= 15 is 0 Å². The lowest BCUT2D eigenvalue weighted by molar-refractivity contribution is -0.132. The van der Waals surface area contributed by atoms with Gasteiger partial charge in [-0.3, -0.25) is 4.79 Å². The second kappa shape index (κ2) is 6.65. The van der Waals surface area contributed by atoms with Crippen molar-refractivity contribution in [2.24, 2.45) is 0 Å². The zero-order valence-corrected chi connectivity index (χ0v) is 15.6. The first kappa shape index (κ1) is 15.9. The van der Waals surface area contributed by atoms with Gasteiger partial charge >= 0.3 is 0 Å². The lowest BCUT2D eigenvalue weighted by Gasteiger charge is -2.33. The average Bonchev–Trinajstić information content (AvgIpc) is 2.86. The van der Waals surface area contributed by atoms with Crippen LogP contribution in [0.15, 0.2) is 6.33 Å². The van der Waals surface area contributed by atoms with Gasteiger partial charge in [0.15, 0.2) is 5.65 Å². The molecule has 0 radical (unpaired) electrons. The molecule has 2 N–H and O–H groups in total. The van der Waals surface area contributed by atoms with E-state index in [0.717, 1.165) is 34.1 Å². The van der Waals surface area contributed by atoms with Gasteiger partial charge in [0.1, 0.15) is 15.8 Å². The van der Waals surface area contributed by atoms with Crippen LogP contribution in [0.25, 0.3) is 11.0 Å². The second-order valence-corrected chi connectivity index (χ2v) is 7.08. The van der Waals surface area contributed by atoms with Gasteiger partial charge < -0.3 is 10.6 Å². The third-order valence-corrected chi connectivity index (χ3v) is 5.03. The SMILES string of the molecule is Nc1ncnc2c1c(I)nn2[C@@H]1CCCN(C(=O)CCBr)C1. The summed E-state index contributed by atoms with van der Waals surface area (Å²) in [6.45, 7) is 1.48. The zero-order chi connectivity index (χ0) is 15.7. The Morgan fingerprint density at radius 2 is 2.32 bits per heavy atom. The lowest BCUT2D eigenvalue weighted by atomic mass is 10.1. The van der Waals surface area contributed by atoms with Crippen LogP contribution in [-0.2, 0) is 4.79 Å². The van der Waals surface area contributed by atoms with Gasteiger partial charge in [0, 0.05) is 24.8 Å². The summed E-state index contributed by atoms with van der Waals surface area (Å²) in [5, 5.41) is 6.08. The van der Waals surface area contributed by atoms with Crippen molar-refractivity contribution >= 4 is 61.3 Å². The fraction of sp³-hybridized carbons (Fsp3) is 0.538. The maximum Gasteiger partial charge on any atom is 0.223 e. The number of piperidine rings is 1. The molecule has 1 amide bonds. The predicted molar refractivity (Wildman–Crippen MR) is 95.7 cm³/mol. The molecule has 1 aliphatic heterocycles. The van der Waals surface area contributed by atoms with Gasteiger partial charge in [-0.25, -0.2) is 14.6 Å². The molecule has 1 fully saturated rings. The number of carbonyl (C=O) groups excluding carboxylic acids is 1. The van der Waals surface area contributed by atoms with E-state index in [0.29, 0.717) is 24.1 Å². The normalized spacial score (nSPS) is 18.8. The average molecular weight is 479 g/mol. The summed E-state index contributed by atoms with van der Waals surface area (Å²) in [7, 11) is 0. The van der Waals surface area contributed by atoms with Crippen LogP contribution in [0.1, 0.15) is 25.3 Å². The summed E-state index contributed by atoms with van der Waals surface area (Å²) in [5.74, 6) is 0.630. The molecule has 1 aliphatic rings. The Morgan fingerprint density at radius 1 is 1.50 bits per heavy atom. The summed E-state index contributed by atoms with van der Waals surface area (Å²) in [6, 6.07) is 0.133. The Labute approximate surface area is 149 Å². The molecule has 1 atom stereocenters. The molecule has 0 aliphatic carbocycles. The van der Waals surface area contributed by atoms with Crippen LogP contribution in [0.4, 0.5) is 5.82 Å². The maximum absolute atomic E-state index is 12.1. The molecular weight excluding hydrogens is 463 g/mol. The number of nitrogen functional groups attached to an aromatic ring is 1. The van der Waals surface area contributed by atoms with Crippen molar-refractivity contribution in [3.63, 3.8) is 0 Å². The summed E-state index contributed by atoms with van der Waals surface area (Å²) < 4.78 is 2.71. The number of likely N-dealkylation sites (tertiary alicyclic amines) is 1. The standard InChI is InChI=1S/C13H16BrIN6O/c14-4-3-9(22)20-5-1-2-8(6-20)21-13-10(11(15)19-21)12(16)17-7-18-13/h7-8H,1-6H2,(H2,16,17,18)/t8-/m1/s1. The monoisotopic (exact) mass is 478 g/mol. The molecule has 2 aromatic heterocycles. The highest BCUT2D eigenvalue weighted by Crippen LogP contribution is 2.29. The highest BCUT2D eigenvalue weighted by Gasteiger charge is 2.27. The van der Waals surface area contributed by atoms with Gasteiger partial charge in [-0.15, -0.1) is 0 Å². The first-order chi connectivity index (χ1) is 10.6. The Balaban J connectivity index is 1.91. The number of hydrogen-bond acceptors (Lipinski definition) is 5. The van der Waals surface area contributed by atoms with Gasteiger partial charge in [-0.2, -0.15) is 5.10 Å². The first-order valence-electron chi connectivity index (χ1n) is 7.09. The number of halogens is 2. The van der Waals surface area contributed by atoms with Gasteiger partial charge in [0.05, 0.1) is 11.4 Å². The molecule has 0 saturated carbocycles. The van der Waals surface area contributed by atoms with E-state index in [9.17, 15) is 4.79 Å². The van der Waals surface area contributed by atoms with E-state index in [1.807, 2.05) is 9.58 Å². The van der Waals surface area contributed by atoms with E-state index < -0.39 is 0 Å². The second-order valence-electron chi connectivity index (χ2n) is 5.27. The molecule has 0 bridgehead atoms. The Hall–Kier alpha value is -0.970. The van der Waals surface area contributed by atoms with Crippen LogP contribution in [-0.4, -0.2) is 49.0 Å². The molecule has 3 heterocycles. The fourth-order valence-electron chi connectivity index (χ4n) is 2.83. The van der Waals surface area contributed by atoms with Crippen molar-refractivity contribution in [1.82, 2.24) is 24.6 Å². The Morgan fingerprint density at radius 3 is 3.09 bits per heavy atom. The third-order valence-electron chi connectivity index (χ3n) is 3.88. The molecule has 22 heavy (non-hydrogen) atoms. The molecule has 2 aromatic rings. The number of rotatable bonds is 3. The predicted octanol–water partition coefficient (Wildman–Crippen LogP) is 1.96. The molecule has 0 aromatic carbocycles. The van der Waals surface area contributed by atoms with Gasteiger partial charge in [0.2, 0.25) is 5.91 Å². The molecule has 3 rings (SSSR count). The molecule has 0 unspecified atom stereocenters. The Kier molecular flexibility index (Phi) is 4.81. The number of aromatic nitrogens is 4.